The lowest BCUT2D eigenvalue weighted by Crippen LogP contribution is -1.85. The third-order valence-electron chi connectivity index (χ3n) is 0.963. The second kappa shape index (κ2) is 4.50. The second-order valence-corrected chi connectivity index (χ2v) is 2.41. The van der Waals surface area contributed by atoms with Crippen LogP contribution in [0.4, 0.5) is 0 Å². The Morgan fingerprint density at radius 1 is 1.36 bits per heavy atom. The molecule has 0 aromatic heterocycles. The van der Waals surface area contributed by atoms with Crippen molar-refractivity contribution in [2.75, 3.05) is 0 Å². The van der Waals surface area contributed by atoms with Crippen LogP contribution in [-0.2, 0) is 4.79 Å². The molecule has 0 aromatic rings. The molecule has 0 aliphatic carbocycles. The van der Waals surface area contributed by atoms with Crippen LogP contribution in [0.3, 0.4) is 0 Å². The van der Waals surface area contributed by atoms with E-state index in [1.54, 1.807) is 0 Å². The molecule has 0 aliphatic heterocycles. The molecule has 0 atom stereocenters. The highest BCUT2D eigenvalue weighted by atomic mass is 16.4. The molecule has 0 bridgehead atoms. The molecule has 2 nitrogen and oxygen atoms in total. The number of hydrogen-bond donors (Lipinski definition) is 1. The van der Waals surface area contributed by atoms with Crippen LogP contribution >= 0.6 is 0 Å². The molecule has 0 fully saturated rings. The molecule has 0 aliphatic rings. The SMILES string of the molecule is C=C(C)C=C(C)C=CC(=O)O. The predicted molar refractivity (Wildman–Crippen MR) is 45.3 cm³/mol. The predicted octanol–water partition coefficient (Wildman–Crippen LogP) is 2.15. The van der Waals surface area contributed by atoms with Crippen LogP contribution in [0.15, 0.2) is 36.0 Å². The lowest BCUT2D eigenvalue weighted by molar-refractivity contribution is -0.131. The fourth-order valence-electron chi connectivity index (χ4n) is 0.640. The van der Waals surface area contributed by atoms with Crippen LogP contribution in [0.1, 0.15) is 13.8 Å². The van der Waals surface area contributed by atoms with Crippen molar-refractivity contribution in [3.63, 3.8) is 0 Å². The lowest BCUT2D eigenvalue weighted by atomic mass is 10.2. The van der Waals surface area contributed by atoms with Gasteiger partial charge in [-0.1, -0.05) is 29.9 Å². The number of hydrogen-bond acceptors (Lipinski definition) is 1. The zero-order chi connectivity index (χ0) is 8.85. The van der Waals surface area contributed by atoms with E-state index in [0.29, 0.717) is 0 Å². The molecule has 11 heavy (non-hydrogen) atoms. The van der Waals surface area contributed by atoms with Crippen LogP contribution in [0, 0.1) is 0 Å². The van der Waals surface area contributed by atoms with Crippen molar-refractivity contribution in [3.05, 3.63) is 36.0 Å². The summed E-state index contributed by atoms with van der Waals surface area (Å²) in [5.41, 5.74) is 1.80. The van der Waals surface area contributed by atoms with Gasteiger partial charge in [0.2, 0.25) is 0 Å². The first-order valence-electron chi connectivity index (χ1n) is 3.27. The van der Waals surface area contributed by atoms with Gasteiger partial charge in [-0.2, -0.15) is 0 Å². The average molecular weight is 152 g/mol. The van der Waals surface area contributed by atoms with Crippen molar-refractivity contribution in [1.29, 1.82) is 0 Å². The lowest BCUT2D eigenvalue weighted by Gasteiger charge is -1.89. The zero-order valence-electron chi connectivity index (χ0n) is 6.79. The van der Waals surface area contributed by atoms with E-state index in [0.717, 1.165) is 17.2 Å². The summed E-state index contributed by atoms with van der Waals surface area (Å²) in [6.45, 7) is 7.35. The molecule has 1 N–H and O–H groups in total. The van der Waals surface area contributed by atoms with E-state index in [4.69, 9.17) is 5.11 Å². The number of allylic oxidation sites excluding steroid dienone is 4. The summed E-state index contributed by atoms with van der Waals surface area (Å²) < 4.78 is 0. The van der Waals surface area contributed by atoms with Crippen molar-refractivity contribution in [1.82, 2.24) is 0 Å². The van der Waals surface area contributed by atoms with Crippen LogP contribution in [-0.4, -0.2) is 11.1 Å². The first-order valence-corrected chi connectivity index (χ1v) is 3.27. The Balaban J connectivity index is 4.17. The van der Waals surface area contributed by atoms with Crippen molar-refractivity contribution in [2.45, 2.75) is 13.8 Å². The Hall–Kier alpha value is -1.31. The maximum absolute atomic E-state index is 10.1. The summed E-state index contributed by atoms with van der Waals surface area (Å²) >= 11 is 0. The fraction of sp³-hybridized carbons (Fsp3) is 0.222. The van der Waals surface area contributed by atoms with Gasteiger partial charge in [0.25, 0.3) is 0 Å². The maximum Gasteiger partial charge on any atom is 0.328 e. The summed E-state index contributed by atoms with van der Waals surface area (Å²) in [7, 11) is 0. The van der Waals surface area contributed by atoms with E-state index in [-0.39, 0.29) is 0 Å². The summed E-state index contributed by atoms with van der Waals surface area (Å²) in [4.78, 5) is 10.1. The standard InChI is InChI=1S/C9H12O2/c1-7(2)6-8(3)4-5-9(10)11/h4-6H,1H2,2-3H3,(H,10,11). The number of carbonyl (C=O) groups is 1. The number of aliphatic carboxylic acids is 1. The number of carboxylic acid groups (broad SMARTS) is 1. The molecular formula is C9H12O2. The Bertz CT molecular complexity index is 222. The maximum atomic E-state index is 10.1. The van der Waals surface area contributed by atoms with Crippen LogP contribution in [0.25, 0.3) is 0 Å². The minimum Gasteiger partial charge on any atom is -0.478 e. The van der Waals surface area contributed by atoms with Gasteiger partial charge in [0.15, 0.2) is 0 Å². The van der Waals surface area contributed by atoms with E-state index in [9.17, 15) is 4.79 Å². The first-order chi connectivity index (χ1) is 5.02. The van der Waals surface area contributed by atoms with E-state index in [2.05, 4.69) is 6.58 Å². The summed E-state index contributed by atoms with van der Waals surface area (Å²) in [5.74, 6) is -0.931. The van der Waals surface area contributed by atoms with Crippen molar-refractivity contribution < 1.29 is 9.90 Å². The molecular weight excluding hydrogens is 140 g/mol. The zero-order valence-corrected chi connectivity index (χ0v) is 6.79. The molecule has 0 spiro atoms. The molecule has 0 saturated heterocycles. The topological polar surface area (TPSA) is 37.3 Å². The van der Waals surface area contributed by atoms with E-state index in [1.165, 1.54) is 6.08 Å². The van der Waals surface area contributed by atoms with Gasteiger partial charge in [0, 0.05) is 6.08 Å². The van der Waals surface area contributed by atoms with E-state index >= 15 is 0 Å². The van der Waals surface area contributed by atoms with E-state index < -0.39 is 5.97 Å². The molecule has 0 radical (unpaired) electrons. The first kappa shape index (κ1) is 9.69. The molecule has 0 rings (SSSR count). The minimum atomic E-state index is -0.931. The second-order valence-electron chi connectivity index (χ2n) is 2.41. The Kier molecular flexibility index (Phi) is 3.96. The van der Waals surface area contributed by atoms with Gasteiger partial charge in [0.1, 0.15) is 0 Å². The van der Waals surface area contributed by atoms with Gasteiger partial charge in [-0.25, -0.2) is 4.79 Å². The minimum absolute atomic E-state index is 0.889. The molecule has 0 heterocycles. The summed E-state index contributed by atoms with van der Waals surface area (Å²) in [5, 5.41) is 8.26. The summed E-state index contributed by atoms with van der Waals surface area (Å²) in [6.07, 6.45) is 4.46. The summed E-state index contributed by atoms with van der Waals surface area (Å²) in [6, 6.07) is 0. The highest BCUT2D eigenvalue weighted by Gasteiger charge is 1.86. The molecule has 60 valence electrons. The average Bonchev–Trinajstić information content (AvgIpc) is 1.82. The van der Waals surface area contributed by atoms with Gasteiger partial charge in [-0.05, 0) is 13.8 Å². The molecule has 2 heteroatoms. The smallest absolute Gasteiger partial charge is 0.328 e. The van der Waals surface area contributed by atoms with Gasteiger partial charge in [-0.3, -0.25) is 0 Å². The third kappa shape index (κ3) is 6.58. The molecule has 0 saturated carbocycles. The van der Waals surface area contributed by atoms with Crippen molar-refractivity contribution in [2.24, 2.45) is 0 Å². The van der Waals surface area contributed by atoms with Crippen LogP contribution in [0.2, 0.25) is 0 Å². The van der Waals surface area contributed by atoms with Crippen LogP contribution < -0.4 is 0 Å². The quantitative estimate of drug-likeness (QED) is 0.497. The van der Waals surface area contributed by atoms with Gasteiger partial charge in [-0.15, -0.1) is 0 Å². The van der Waals surface area contributed by atoms with Crippen LogP contribution in [0.5, 0.6) is 0 Å². The van der Waals surface area contributed by atoms with E-state index in [1.807, 2.05) is 19.9 Å². The molecule has 0 unspecified atom stereocenters. The fourth-order valence-corrected chi connectivity index (χ4v) is 0.640. The number of carboxylic acids is 1. The third-order valence-corrected chi connectivity index (χ3v) is 0.963. The Morgan fingerprint density at radius 3 is 2.27 bits per heavy atom. The molecule has 0 amide bonds. The highest BCUT2D eigenvalue weighted by molar-refractivity contribution is 5.80. The van der Waals surface area contributed by atoms with Gasteiger partial charge >= 0.3 is 5.97 Å². The van der Waals surface area contributed by atoms with Gasteiger partial charge < -0.3 is 5.11 Å². The largest absolute Gasteiger partial charge is 0.478 e. The highest BCUT2D eigenvalue weighted by Crippen LogP contribution is 1.99. The van der Waals surface area contributed by atoms with Gasteiger partial charge in [0.05, 0.1) is 0 Å². The number of rotatable bonds is 3. The monoisotopic (exact) mass is 152 g/mol. The molecule has 0 aromatic carbocycles. The van der Waals surface area contributed by atoms with Crippen molar-refractivity contribution in [3.8, 4) is 0 Å². The Labute approximate surface area is 66.5 Å². The normalized spacial score (nSPS) is 12.0. The Morgan fingerprint density at radius 2 is 1.91 bits per heavy atom. The van der Waals surface area contributed by atoms with Crippen molar-refractivity contribution >= 4 is 5.97 Å².